The Kier molecular flexibility index (Phi) is 5.51. The molecule has 1 amide bonds. The number of rotatable bonds is 5. The Morgan fingerprint density at radius 2 is 1.76 bits per heavy atom. The summed E-state index contributed by atoms with van der Waals surface area (Å²) in [6.07, 6.45) is 1.62. The van der Waals surface area contributed by atoms with Crippen LogP contribution in [0.4, 0.5) is 11.4 Å². The van der Waals surface area contributed by atoms with E-state index in [0.29, 0.717) is 49.0 Å². The quantitative estimate of drug-likeness (QED) is 0.312. The monoisotopic (exact) mass is 464 g/mol. The molecular weight excluding hydrogens is 444 g/mol. The molecule has 0 bridgehead atoms. The van der Waals surface area contributed by atoms with Crippen LogP contribution in [0.3, 0.4) is 0 Å². The van der Waals surface area contributed by atoms with Crippen LogP contribution in [-0.4, -0.2) is 46.5 Å². The van der Waals surface area contributed by atoms with Crippen molar-refractivity contribution < 1.29 is 14.1 Å². The topological polar surface area (TPSA) is 84.8 Å². The van der Waals surface area contributed by atoms with Crippen molar-refractivity contribution in [2.24, 2.45) is 0 Å². The first-order valence-electron chi connectivity index (χ1n) is 10.6. The third-order valence-corrected chi connectivity index (χ3v) is 6.39. The van der Waals surface area contributed by atoms with Crippen molar-refractivity contribution in [1.29, 1.82) is 0 Å². The van der Waals surface area contributed by atoms with Crippen LogP contribution in [0, 0.1) is 10.1 Å². The van der Waals surface area contributed by atoms with Gasteiger partial charge in [0, 0.05) is 67.7 Å². The fraction of sp³-hybridized carbons (Fsp3) is 0.208. The predicted octanol–water partition coefficient (Wildman–Crippen LogP) is 4.81. The highest BCUT2D eigenvalue weighted by molar-refractivity contribution is 6.31. The Bertz CT molecular complexity index is 1320. The number of furan rings is 1. The number of benzene rings is 2. The summed E-state index contributed by atoms with van der Waals surface area (Å²) in [7, 11) is 0. The standard InChI is InChI=1S/C24H21ClN4O4/c25-20-4-2-1-3-17(20)16-28-21-9-14-33-23(21)15-22(28)24(30)27-12-10-26(11-13-27)18-5-7-19(8-6-18)29(31)32/h1-9,14-15H,10-13,16H2. The molecule has 0 radical (unpaired) electrons. The Balaban J connectivity index is 1.34. The van der Waals surface area contributed by atoms with Gasteiger partial charge in [0.05, 0.1) is 16.7 Å². The van der Waals surface area contributed by atoms with Crippen LogP contribution in [0.15, 0.2) is 71.3 Å². The predicted molar refractivity (Wildman–Crippen MR) is 126 cm³/mol. The number of anilines is 1. The molecule has 1 saturated heterocycles. The van der Waals surface area contributed by atoms with E-state index in [0.717, 1.165) is 16.8 Å². The lowest BCUT2D eigenvalue weighted by molar-refractivity contribution is -0.384. The lowest BCUT2D eigenvalue weighted by Crippen LogP contribution is -2.49. The lowest BCUT2D eigenvalue weighted by atomic mass is 10.2. The molecule has 2 aromatic carbocycles. The summed E-state index contributed by atoms with van der Waals surface area (Å²) in [4.78, 5) is 27.9. The molecule has 0 saturated carbocycles. The smallest absolute Gasteiger partial charge is 0.270 e. The molecule has 168 valence electrons. The SMILES string of the molecule is O=C(c1cc2occc2n1Cc1ccccc1Cl)N1CCN(c2ccc([N+](=O)[O-])cc2)CC1. The summed E-state index contributed by atoms with van der Waals surface area (Å²) in [5, 5.41) is 11.5. The summed E-state index contributed by atoms with van der Waals surface area (Å²) in [6, 6.07) is 17.7. The average molecular weight is 465 g/mol. The molecule has 2 aromatic heterocycles. The van der Waals surface area contributed by atoms with Gasteiger partial charge in [-0.3, -0.25) is 14.9 Å². The second-order valence-electron chi connectivity index (χ2n) is 7.93. The van der Waals surface area contributed by atoms with E-state index in [-0.39, 0.29) is 11.6 Å². The second kappa shape index (κ2) is 8.63. The number of nitro benzene ring substituents is 1. The molecule has 5 rings (SSSR count). The Morgan fingerprint density at radius 1 is 1.03 bits per heavy atom. The van der Waals surface area contributed by atoms with Crippen molar-refractivity contribution in [3.63, 3.8) is 0 Å². The molecule has 1 fully saturated rings. The van der Waals surface area contributed by atoms with Gasteiger partial charge in [0.25, 0.3) is 11.6 Å². The molecule has 8 nitrogen and oxygen atoms in total. The number of nitrogens with zero attached hydrogens (tertiary/aromatic N) is 4. The Morgan fingerprint density at radius 3 is 2.45 bits per heavy atom. The highest BCUT2D eigenvalue weighted by Crippen LogP contribution is 2.27. The number of non-ortho nitro benzene ring substituents is 1. The van der Waals surface area contributed by atoms with E-state index in [4.69, 9.17) is 16.0 Å². The summed E-state index contributed by atoms with van der Waals surface area (Å²) in [5.41, 5.74) is 3.98. The van der Waals surface area contributed by atoms with Gasteiger partial charge >= 0.3 is 0 Å². The van der Waals surface area contributed by atoms with Gasteiger partial charge in [-0.05, 0) is 23.8 Å². The van der Waals surface area contributed by atoms with Crippen LogP contribution in [0.5, 0.6) is 0 Å². The number of piperazine rings is 1. The van der Waals surface area contributed by atoms with Gasteiger partial charge in [-0.15, -0.1) is 0 Å². The molecule has 0 N–H and O–H groups in total. The molecule has 1 aliphatic rings. The van der Waals surface area contributed by atoms with Gasteiger partial charge in [-0.2, -0.15) is 0 Å². The van der Waals surface area contributed by atoms with Crippen molar-refractivity contribution >= 4 is 40.0 Å². The summed E-state index contributed by atoms with van der Waals surface area (Å²) in [6.45, 7) is 2.85. The fourth-order valence-corrected chi connectivity index (χ4v) is 4.43. The molecule has 0 atom stereocenters. The van der Waals surface area contributed by atoms with Gasteiger partial charge in [0.1, 0.15) is 5.69 Å². The van der Waals surface area contributed by atoms with E-state index in [1.165, 1.54) is 12.1 Å². The molecule has 9 heteroatoms. The molecular formula is C24H21ClN4O4. The van der Waals surface area contributed by atoms with Crippen LogP contribution in [0.25, 0.3) is 11.1 Å². The zero-order valence-corrected chi connectivity index (χ0v) is 18.4. The third-order valence-electron chi connectivity index (χ3n) is 6.02. The third kappa shape index (κ3) is 4.05. The molecule has 3 heterocycles. The van der Waals surface area contributed by atoms with Crippen molar-refractivity contribution in [2.45, 2.75) is 6.54 Å². The van der Waals surface area contributed by atoms with Gasteiger partial charge in [0.2, 0.25) is 0 Å². The number of carbonyl (C=O) groups is 1. The molecule has 0 aliphatic carbocycles. The fourth-order valence-electron chi connectivity index (χ4n) is 4.24. The molecule has 0 unspecified atom stereocenters. The first-order valence-corrected chi connectivity index (χ1v) is 11.0. The van der Waals surface area contributed by atoms with E-state index in [1.54, 1.807) is 24.5 Å². The van der Waals surface area contributed by atoms with Crippen LogP contribution in [0.1, 0.15) is 16.1 Å². The number of aromatic nitrogens is 1. The second-order valence-corrected chi connectivity index (χ2v) is 8.34. The van der Waals surface area contributed by atoms with Crippen molar-refractivity contribution in [3.8, 4) is 0 Å². The number of hydrogen-bond acceptors (Lipinski definition) is 5. The lowest BCUT2D eigenvalue weighted by Gasteiger charge is -2.36. The van der Waals surface area contributed by atoms with Crippen LogP contribution < -0.4 is 4.90 Å². The number of halogens is 1. The van der Waals surface area contributed by atoms with Crippen molar-refractivity contribution in [3.05, 3.63) is 93.3 Å². The normalized spacial score (nSPS) is 14.1. The maximum atomic E-state index is 13.5. The van der Waals surface area contributed by atoms with E-state index in [1.807, 2.05) is 39.8 Å². The summed E-state index contributed by atoms with van der Waals surface area (Å²) in [5.74, 6) is -0.0585. The highest BCUT2D eigenvalue weighted by Gasteiger charge is 2.26. The van der Waals surface area contributed by atoms with Crippen molar-refractivity contribution in [1.82, 2.24) is 9.47 Å². The number of amides is 1. The summed E-state index contributed by atoms with van der Waals surface area (Å²) >= 11 is 6.37. The zero-order chi connectivity index (χ0) is 22.9. The number of carbonyl (C=O) groups excluding carboxylic acids is 1. The summed E-state index contributed by atoms with van der Waals surface area (Å²) < 4.78 is 7.51. The highest BCUT2D eigenvalue weighted by atomic mass is 35.5. The van der Waals surface area contributed by atoms with Gasteiger partial charge in [0.15, 0.2) is 5.58 Å². The maximum absolute atomic E-state index is 13.5. The molecule has 4 aromatic rings. The van der Waals surface area contributed by atoms with Crippen LogP contribution >= 0.6 is 11.6 Å². The Hall–Kier alpha value is -3.78. The minimum atomic E-state index is -0.408. The molecule has 33 heavy (non-hydrogen) atoms. The average Bonchev–Trinajstić information content (AvgIpc) is 3.43. The number of hydrogen-bond donors (Lipinski definition) is 0. The van der Waals surface area contributed by atoms with E-state index < -0.39 is 4.92 Å². The van der Waals surface area contributed by atoms with Gasteiger partial charge in [-0.1, -0.05) is 29.8 Å². The van der Waals surface area contributed by atoms with E-state index in [2.05, 4.69) is 4.90 Å². The molecule has 0 spiro atoms. The minimum Gasteiger partial charge on any atom is -0.463 e. The number of nitro groups is 1. The van der Waals surface area contributed by atoms with Crippen LogP contribution in [0.2, 0.25) is 5.02 Å². The zero-order valence-electron chi connectivity index (χ0n) is 17.7. The first kappa shape index (κ1) is 21.1. The molecule has 1 aliphatic heterocycles. The van der Waals surface area contributed by atoms with Crippen molar-refractivity contribution in [2.75, 3.05) is 31.1 Å². The van der Waals surface area contributed by atoms with E-state index >= 15 is 0 Å². The Labute approximate surface area is 194 Å². The van der Waals surface area contributed by atoms with Gasteiger partial charge < -0.3 is 18.8 Å². The maximum Gasteiger partial charge on any atom is 0.270 e. The van der Waals surface area contributed by atoms with Crippen LogP contribution in [-0.2, 0) is 6.54 Å². The van der Waals surface area contributed by atoms with E-state index in [9.17, 15) is 14.9 Å². The minimum absolute atomic E-state index is 0.0585. The first-order chi connectivity index (χ1) is 16.0. The number of fused-ring (bicyclic) bond motifs is 1. The largest absolute Gasteiger partial charge is 0.463 e. The van der Waals surface area contributed by atoms with Gasteiger partial charge in [-0.25, -0.2) is 0 Å².